The molecule has 0 saturated heterocycles. The summed E-state index contributed by atoms with van der Waals surface area (Å²) in [7, 11) is 0. The van der Waals surface area contributed by atoms with Crippen LogP contribution < -0.4 is 5.73 Å². The molecule has 0 aliphatic carbocycles. The lowest BCUT2D eigenvalue weighted by Gasteiger charge is -2.09. The minimum atomic E-state index is 0.0677. The van der Waals surface area contributed by atoms with Crippen molar-refractivity contribution in [2.45, 2.75) is 12.8 Å². The van der Waals surface area contributed by atoms with Crippen molar-refractivity contribution < 1.29 is 9.90 Å². The van der Waals surface area contributed by atoms with Gasteiger partial charge in [0.25, 0.3) is 0 Å². The second-order valence-electron chi connectivity index (χ2n) is 2.78. The number of halogens is 1. The van der Waals surface area contributed by atoms with Gasteiger partial charge in [-0.2, -0.15) is 0 Å². The lowest BCUT2D eigenvalue weighted by atomic mass is 10.0. The maximum absolute atomic E-state index is 10.6. The molecule has 0 fully saturated rings. The number of anilines is 1. The molecule has 0 radical (unpaired) electrons. The molecule has 3 nitrogen and oxygen atoms in total. The van der Waals surface area contributed by atoms with Crippen molar-refractivity contribution in [3.8, 4) is 5.75 Å². The normalized spacial score (nSPS) is 10.0. The van der Waals surface area contributed by atoms with Crippen LogP contribution in [-0.4, -0.2) is 11.4 Å². The Balaban J connectivity index is 3.47. The number of hydrogen-bond donors (Lipinski definition) is 2. The Morgan fingerprint density at radius 1 is 1.69 bits per heavy atom. The number of aromatic hydroxyl groups is 1. The highest BCUT2D eigenvalue weighted by atomic mass is 35.5. The number of carbonyl (C=O) groups excluding carboxylic acids is 1. The standard InChI is InChI=1S/C9H10ClNO2/c1-5-2-6(4-12)8(11)7(3-10)9(5)13/h2,4,13H,3,11H2,1H3. The Hall–Kier alpha value is -1.22. The highest BCUT2D eigenvalue weighted by molar-refractivity contribution is 6.17. The van der Waals surface area contributed by atoms with E-state index in [1.165, 1.54) is 6.07 Å². The van der Waals surface area contributed by atoms with Crippen LogP contribution in [0.3, 0.4) is 0 Å². The van der Waals surface area contributed by atoms with Crippen LogP contribution in [0.2, 0.25) is 0 Å². The van der Waals surface area contributed by atoms with Gasteiger partial charge in [-0.3, -0.25) is 4.79 Å². The predicted octanol–water partition coefficient (Wildman–Crippen LogP) is 1.83. The third-order valence-corrected chi connectivity index (χ3v) is 2.20. The molecule has 1 aromatic carbocycles. The highest BCUT2D eigenvalue weighted by Crippen LogP contribution is 2.31. The Morgan fingerprint density at radius 3 is 2.77 bits per heavy atom. The summed E-state index contributed by atoms with van der Waals surface area (Å²) in [6.45, 7) is 1.69. The van der Waals surface area contributed by atoms with E-state index >= 15 is 0 Å². The fourth-order valence-electron chi connectivity index (χ4n) is 1.15. The molecule has 0 aromatic heterocycles. The van der Waals surface area contributed by atoms with Gasteiger partial charge < -0.3 is 10.8 Å². The largest absolute Gasteiger partial charge is 0.507 e. The van der Waals surface area contributed by atoms with E-state index in [9.17, 15) is 9.90 Å². The van der Waals surface area contributed by atoms with Crippen LogP contribution in [0.1, 0.15) is 21.5 Å². The Bertz CT molecular complexity index is 350. The zero-order chi connectivity index (χ0) is 10.0. The van der Waals surface area contributed by atoms with E-state index < -0.39 is 0 Å². The molecular formula is C9H10ClNO2. The average molecular weight is 200 g/mol. The minimum Gasteiger partial charge on any atom is -0.507 e. The average Bonchev–Trinajstić information content (AvgIpc) is 2.12. The number of alkyl halides is 1. The lowest BCUT2D eigenvalue weighted by molar-refractivity contribution is 0.112. The van der Waals surface area contributed by atoms with E-state index in [-0.39, 0.29) is 17.3 Å². The smallest absolute Gasteiger partial charge is 0.152 e. The Kier molecular flexibility index (Phi) is 2.78. The molecule has 13 heavy (non-hydrogen) atoms. The first kappa shape index (κ1) is 9.86. The van der Waals surface area contributed by atoms with E-state index in [0.29, 0.717) is 23.0 Å². The third kappa shape index (κ3) is 1.60. The third-order valence-electron chi connectivity index (χ3n) is 1.93. The van der Waals surface area contributed by atoms with Crippen LogP contribution in [0.25, 0.3) is 0 Å². The molecule has 0 unspecified atom stereocenters. The summed E-state index contributed by atoms with van der Waals surface area (Å²) in [5, 5.41) is 9.52. The number of rotatable bonds is 2. The Morgan fingerprint density at radius 2 is 2.31 bits per heavy atom. The van der Waals surface area contributed by atoms with Crippen LogP contribution >= 0.6 is 11.6 Å². The molecule has 0 heterocycles. The van der Waals surface area contributed by atoms with Gasteiger partial charge in [-0.05, 0) is 18.6 Å². The van der Waals surface area contributed by atoms with Crippen LogP contribution in [0.5, 0.6) is 5.75 Å². The first-order chi connectivity index (χ1) is 6.11. The zero-order valence-electron chi connectivity index (χ0n) is 7.17. The number of nitrogens with two attached hydrogens (primary N) is 1. The fourth-order valence-corrected chi connectivity index (χ4v) is 1.42. The summed E-state index contributed by atoms with van der Waals surface area (Å²) >= 11 is 5.58. The maximum Gasteiger partial charge on any atom is 0.152 e. The molecule has 0 aliphatic heterocycles. The number of aldehydes is 1. The number of benzene rings is 1. The number of phenols is 1. The van der Waals surface area contributed by atoms with Gasteiger partial charge in [-0.25, -0.2) is 0 Å². The quantitative estimate of drug-likeness (QED) is 0.434. The summed E-state index contributed by atoms with van der Waals surface area (Å²) < 4.78 is 0. The van der Waals surface area contributed by atoms with Crippen LogP contribution in [0.15, 0.2) is 6.07 Å². The van der Waals surface area contributed by atoms with E-state index in [0.717, 1.165) is 0 Å². The van der Waals surface area contributed by atoms with Crippen LogP contribution in [0, 0.1) is 6.92 Å². The maximum atomic E-state index is 10.6. The van der Waals surface area contributed by atoms with Crippen molar-refractivity contribution in [1.29, 1.82) is 0 Å². The molecule has 0 atom stereocenters. The number of aryl methyl sites for hydroxylation is 1. The first-order valence-electron chi connectivity index (χ1n) is 3.73. The number of hydrogen-bond acceptors (Lipinski definition) is 3. The second-order valence-corrected chi connectivity index (χ2v) is 3.04. The first-order valence-corrected chi connectivity index (χ1v) is 4.27. The second kappa shape index (κ2) is 3.66. The van der Waals surface area contributed by atoms with Gasteiger partial charge in [0.15, 0.2) is 6.29 Å². The molecule has 4 heteroatoms. The summed E-state index contributed by atoms with van der Waals surface area (Å²) in [6, 6.07) is 1.54. The summed E-state index contributed by atoms with van der Waals surface area (Å²) in [5.74, 6) is 0.165. The molecule has 1 rings (SSSR count). The van der Waals surface area contributed by atoms with Crippen molar-refractivity contribution in [1.82, 2.24) is 0 Å². The van der Waals surface area contributed by atoms with Gasteiger partial charge in [-0.1, -0.05) is 0 Å². The number of carbonyl (C=O) groups is 1. The molecule has 0 amide bonds. The molecular weight excluding hydrogens is 190 g/mol. The summed E-state index contributed by atoms with van der Waals surface area (Å²) in [6.07, 6.45) is 0.651. The zero-order valence-corrected chi connectivity index (χ0v) is 7.93. The van der Waals surface area contributed by atoms with E-state index in [2.05, 4.69) is 0 Å². The van der Waals surface area contributed by atoms with E-state index in [4.69, 9.17) is 17.3 Å². The number of phenolic OH excluding ortho intramolecular Hbond substituents is 1. The van der Waals surface area contributed by atoms with Crippen molar-refractivity contribution in [2.75, 3.05) is 5.73 Å². The van der Waals surface area contributed by atoms with Gasteiger partial charge in [0, 0.05) is 11.1 Å². The van der Waals surface area contributed by atoms with Gasteiger partial charge in [0.2, 0.25) is 0 Å². The minimum absolute atomic E-state index is 0.0677. The SMILES string of the molecule is Cc1cc(C=O)c(N)c(CCl)c1O. The van der Waals surface area contributed by atoms with Crippen molar-refractivity contribution >= 4 is 23.6 Å². The molecule has 0 aliphatic rings. The van der Waals surface area contributed by atoms with Gasteiger partial charge in [-0.15, -0.1) is 11.6 Å². The highest BCUT2D eigenvalue weighted by Gasteiger charge is 2.11. The van der Waals surface area contributed by atoms with Crippen molar-refractivity contribution in [3.63, 3.8) is 0 Å². The lowest BCUT2D eigenvalue weighted by Crippen LogP contribution is -1.99. The molecule has 0 bridgehead atoms. The molecule has 1 aromatic rings. The topological polar surface area (TPSA) is 63.3 Å². The molecule has 3 N–H and O–H groups in total. The monoisotopic (exact) mass is 199 g/mol. The van der Waals surface area contributed by atoms with Gasteiger partial charge >= 0.3 is 0 Å². The van der Waals surface area contributed by atoms with Gasteiger partial charge in [0.05, 0.1) is 11.6 Å². The van der Waals surface area contributed by atoms with E-state index in [1.807, 2.05) is 0 Å². The van der Waals surface area contributed by atoms with E-state index in [1.54, 1.807) is 6.92 Å². The molecule has 0 spiro atoms. The Labute approximate surface area is 81.1 Å². The number of nitrogen functional groups attached to an aromatic ring is 1. The van der Waals surface area contributed by atoms with Crippen LogP contribution in [-0.2, 0) is 5.88 Å². The molecule has 0 saturated carbocycles. The summed E-state index contributed by atoms with van der Waals surface area (Å²) in [4.78, 5) is 10.6. The van der Waals surface area contributed by atoms with Gasteiger partial charge in [0.1, 0.15) is 5.75 Å². The predicted molar refractivity (Wildman–Crippen MR) is 52.2 cm³/mol. The van der Waals surface area contributed by atoms with Crippen molar-refractivity contribution in [3.05, 3.63) is 22.8 Å². The molecule has 70 valence electrons. The van der Waals surface area contributed by atoms with Crippen LogP contribution in [0.4, 0.5) is 5.69 Å². The van der Waals surface area contributed by atoms with Crippen molar-refractivity contribution in [2.24, 2.45) is 0 Å². The summed E-state index contributed by atoms with van der Waals surface area (Å²) in [5.41, 5.74) is 7.25. The fraction of sp³-hybridized carbons (Fsp3) is 0.222.